The SMILES string of the molecule is O=C(O)CN1C(=O)CSc2ccc(S(=O)(=O)N3CCOCC3)cc21. The van der Waals surface area contributed by atoms with Gasteiger partial charge in [-0.05, 0) is 18.2 Å². The summed E-state index contributed by atoms with van der Waals surface area (Å²) in [5.74, 6) is -1.37. The molecule has 0 aliphatic carbocycles. The van der Waals surface area contributed by atoms with E-state index in [1.165, 1.54) is 28.2 Å². The Morgan fingerprint density at radius 1 is 1.29 bits per heavy atom. The molecule has 130 valence electrons. The van der Waals surface area contributed by atoms with Gasteiger partial charge < -0.3 is 9.84 Å². The number of fused-ring (bicyclic) bond motifs is 1. The van der Waals surface area contributed by atoms with Crippen LogP contribution in [0.5, 0.6) is 0 Å². The second-order valence-corrected chi connectivity index (χ2v) is 8.26. The van der Waals surface area contributed by atoms with Crippen molar-refractivity contribution in [3.05, 3.63) is 18.2 Å². The van der Waals surface area contributed by atoms with Crippen molar-refractivity contribution >= 4 is 39.3 Å². The Bertz CT molecular complexity index is 773. The third-order valence-electron chi connectivity index (χ3n) is 3.77. The van der Waals surface area contributed by atoms with E-state index in [-0.39, 0.29) is 29.6 Å². The van der Waals surface area contributed by atoms with Crippen LogP contribution in [0.15, 0.2) is 28.0 Å². The number of carbonyl (C=O) groups is 2. The summed E-state index contributed by atoms with van der Waals surface area (Å²) in [5, 5.41) is 9.00. The van der Waals surface area contributed by atoms with Crippen molar-refractivity contribution in [3.63, 3.8) is 0 Å². The zero-order valence-electron chi connectivity index (χ0n) is 12.7. The van der Waals surface area contributed by atoms with Crippen LogP contribution in [0.3, 0.4) is 0 Å². The van der Waals surface area contributed by atoms with E-state index in [0.717, 1.165) is 4.90 Å². The number of nitrogens with zero attached hydrogens (tertiary/aromatic N) is 2. The van der Waals surface area contributed by atoms with Crippen LogP contribution < -0.4 is 4.90 Å². The molecule has 2 aliphatic rings. The molecule has 1 N–H and O–H groups in total. The van der Waals surface area contributed by atoms with E-state index in [4.69, 9.17) is 9.84 Å². The number of anilines is 1. The van der Waals surface area contributed by atoms with Crippen LogP contribution in [0.4, 0.5) is 5.69 Å². The molecule has 1 fully saturated rings. The highest BCUT2D eigenvalue weighted by Gasteiger charge is 2.31. The summed E-state index contributed by atoms with van der Waals surface area (Å²) >= 11 is 1.27. The van der Waals surface area contributed by atoms with Gasteiger partial charge in [0, 0.05) is 18.0 Å². The predicted octanol–water partition coefficient (Wildman–Crippen LogP) is 0.231. The van der Waals surface area contributed by atoms with Crippen LogP contribution >= 0.6 is 11.8 Å². The number of morpholine rings is 1. The average Bonchev–Trinajstić information content (AvgIpc) is 2.57. The first-order valence-corrected chi connectivity index (χ1v) is 9.69. The molecule has 0 saturated carbocycles. The van der Waals surface area contributed by atoms with Crippen molar-refractivity contribution in [1.82, 2.24) is 4.31 Å². The van der Waals surface area contributed by atoms with E-state index < -0.39 is 22.5 Å². The lowest BCUT2D eigenvalue weighted by molar-refractivity contribution is -0.136. The summed E-state index contributed by atoms with van der Waals surface area (Å²) in [6.45, 7) is 0.721. The number of sulfonamides is 1. The van der Waals surface area contributed by atoms with E-state index in [1.807, 2.05) is 0 Å². The number of carboxylic acid groups (broad SMARTS) is 1. The van der Waals surface area contributed by atoms with Gasteiger partial charge in [-0.2, -0.15) is 4.31 Å². The Labute approximate surface area is 143 Å². The van der Waals surface area contributed by atoms with Gasteiger partial charge in [0.15, 0.2) is 0 Å². The molecule has 0 radical (unpaired) electrons. The standard InChI is InChI=1S/C14H16N2O6S2/c17-13-9-23-12-2-1-10(7-11(12)16(13)8-14(18)19)24(20,21)15-3-5-22-6-4-15/h1-2,7H,3-6,8-9H2,(H,18,19). The number of hydrogen-bond donors (Lipinski definition) is 1. The number of carbonyl (C=O) groups excluding carboxylic acids is 1. The maximum absolute atomic E-state index is 12.7. The first kappa shape index (κ1) is 17.2. The van der Waals surface area contributed by atoms with Crippen molar-refractivity contribution in [2.75, 3.05) is 43.5 Å². The third kappa shape index (κ3) is 3.27. The minimum absolute atomic E-state index is 0.0499. The van der Waals surface area contributed by atoms with Crippen LogP contribution in [0.25, 0.3) is 0 Å². The van der Waals surface area contributed by atoms with E-state index in [0.29, 0.717) is 23.8 Å². The first-order chi connectivity index (χ1) is 11.4. The number of carboxylic acids is 1. The van der Waals surface area contributed by atoms with Crippen LogP contribution in [0.2, 0.25) is 0 Å². The molecule has 3 rings (SSSR count). The summed E-state index contributed by atoms with van der Waals surface area (Å²) in [4.78, 5) is 24.9. The second-order valence-electron chi connectivity index (χ2n) is 5.31. The quantitative estimate of drug-likeness (QED) is 0.807. The molecule has 0 aromatic heterocycles. The average molecular weight is 372 g/mol. The normalized spacial score (nSPS) is 19.2. The fraction of sp³-hybridized carbons (Fsp3) is 0.429. The van der Waals surface area contributed by atoms with Crippen LogP contribution in [0.1, 0.15) is 0 Å². The highest BCUT2D eigenvalue weighted by Crippen LogP contribution is 2.37. The van der Waals surface area contributed by atoms with Crippen LogP contribution in [0, 0.1) is 0 Å². The van der Waals surface area contributed by atoms with Gasteiger partial charge >= 0.3 is 5.97 Å². The molecule has 1 aromatic carbocycles. The number of rotatable bonds is 4. The Kier molecular flexibility index (Phi) is 4.81. The molecular formula is C14H16N2O6S2. The largest absolute Gasteiger partial charge is 0.480 e. The number of benzene rings is 1. The van der Waals surface area contributed by atoms with Gasteiger partial charge in [-0.15, -0.1) is 11.8 Å². The maximum atomic E-state index is 12.7. The Morgan fingerprint density at radius 3 is 2.67 bits per heavy atom. The van der Waals surface area contributed by atoms with Crippen molar-refractivity contribution < 1.29 is 27.9 Å². The van der Waals surface area contributed by atoms with Gasteiger partial charge in [0.25, 0.3) is 0 Å². The molecule has 0 bridgehead atoms. The van der Waals surface area contributed by atoms with Gasteiger partial charge in [-0.25, -0.2) is 8.42 Å². The van der Waals surface area contributed by atoms with Gasteiger partial charge in [-0.1, -0.05) is 0 Å². The molecule has 2 heterocycles. The number of thioether (sulfide) groups is 1. The van der Waals surface area contributed by atoms with Crippen molar-refractivity contribution in [2.24, 2.45) is 0 Å². The molecule has 1 amide bonds. The molecule has 0 unspecified atom stereocenters. The van der Waals surface area contributed by atoms with Crippen LogP contribution in [-0.2, 0) is 24.3 Å². The monoisotopic (exact) mass is 372 g/mol. The second kappa shape index (κ2) is 6.71. The van der Waals surface area contributed by atoms with E-state index in [9.17, 15) is 18.0 Å². The van der Waals surface area contributed by atoms with E-state index >= 15 is 0 Å². The Morgan fingerprint density at radius 2 is 2.00 bits per heavy atom. The number of hydrogen-bond acceptors (Lipinski definition) is 6. The highest BCUT2D eigenvalue weighted by atomic mass is 32.2. The fourth-order valence-corrected chi connectivity index (χ4v) is 4.93. The zero-order chi connectivity index (χ0) is 17.3. The molecule has 1 saturated heterocycles. The zero-order valence-corrected chi connectivity index (χ0v) is 14.3. The van der Waals surface area contributed by atoms with E-state index in [1.54, 1.807) is 6.07 Å². The van der Waals surface area contributed by atoms with Gasteiger partial charge in [-0.3, -0.25) is 14.5 Å². The van der Waals surface area contributed by atoms with Crippen molar-refractivity contribution in [3.8, 4) is 0 Å². The molecule has 24 heavy (non-hydrogen) atoms. The van der Waals surface area contributed by atoms with E-state index in [2.05, 4.69) is 0 Å². The summed E-state index contributed by atoms with van der Waals surface area (Å²) in [5.41, 5.74) is 0.327. The number of ether oxygens (including phenoxy) is 1. The fourth-order valence-electron chi connectivity index (χ4n) is 2.59. The summed E-state index contributed by atoms with van der Waals surface area (Å²) in [6.07, 6.45) is 0. The van der Waals surface area contributed by atoms with Crippen LogP contribution in [-0.4, -0.2) is 68.3 Å². The van der Waals surface area contributed by atoms with Gasteiger partial charge in [0.2, 0.25) is 15.9 Å². The van der Waals surface area contributed by atoms with Gasteiger partial charge in [0.1, 0.15) is 6.54 Å². The highest BCUT2D eigenvalue weighted by molar-refractivity contribution is 8.00. The van der Waals surface area contributed by atoms with Gasteiger partial charge in [0.05, 0.1) is 29.5 Å². The lowest BCUT2D eigenvalue weighted by Crippen LogP contribution is -2.41. The smallest absolute Gasteiger partial charge is 0.323 e. The predicted molar refractivity (Wildman–Crippen MR) is 86.7 cm³/mol. The molecule has 0 spiro atoms. The summed E-state index contributed by atoms with van der Waals surface area (Å²) in [7, 11) is -3.71. The molecular weight excluding hydrogens is 356 g/mol. The first-order valence-electron chi connectivity index (χ1n) is 7.26. The molecule has 0 atom stereocenters. The lowest BCUT2D eigenvalue weighted by atomic mass is 10.2. The third-order valence-corrected chi connectivity index (χ3v) is 6.72. The van der Waals surface area contributed by atoms with Crippen molar-refractivity contribution in [1.29, 1.82) is 0 Å². The lowest BCUT2D eigenvalue weighted by Gasteiger charge is -2.29. The topological polar surface area (TPSA) is 104 Å². The number of amides is 1. The maximum Gasteiger partial charge on any atom is 0.323 e. The Balaban J connectivity index is 1.98. The summed E-state index contributed by atoms with van der Waals surface area (Å²) < 4.78 is 32.0. The molecule has 1 aromatic rings. The molecule has 8 nitrogen and oxygen atoms in total. The summed E-state index contributed by atoms with van der Waals surface area (Å²) in [6, 6.07) is 4.49. The molecule has 10 heteroatoms. The number of aliphatic carboxylic acids is 1. The Hall–Kier alpha value is -1.62. The minimum atomic E-state index is -3.71. The minimum Gasteiger partial charge on any atom is -0.480 e. The van der Waals surface area contributed by atoms with Crippen molar-refractivity contribution in [2.45, 2.75) is 9.79 Å². The molecule has 2 aliphatic heterocycles.